The maximum atomic E-state index is 12.9. The standard InChI is InChI=1S/C19H28FN3O2/c1-6-23(18(24)25-19(3,4)5)14(2)13-22-12-11-17(21)15-7-9-16(20)10-8-15/h7-12,14,21-22H,6,13H2,1-5H3/b12-11-,21-17?/t14-/m0/s1. The highest BCUT2D eigenvalue weighted by Crippen LogP contribution is 2.11. The van der Waals surface area contributed by atoms with Gasteiger partial charge in [-0.2, -0.15) is 0 Å². The van der Waals surface area contributed by atoms with Crippen molar-refractivity contribution in [3.8, 4) is 0 Å². The van der Waals surface area contributed by atoms with Crippen LogP contribution in [0.3, 0.4) is 0 Å². The second-order valence-corrected chi connectivity index (χ2v) is 6.78. The van der Waals surface area contributed by atoms with E-state index in [1.54, 1.807) is 29.3 Å². The number of hydrogen-bond acceptors (Lipinski definition) is 4. The summed E-state index contributed by atoms with van der Waals surface area (Å²) in [6, 6.07) is 5.71. The monoisotopic (exact) mass is 349 g/mol. The normalized spacial score (nSPS) is 12.7. The van der Waals surface area contributed by atoms with E-state index in [1.807, 2.05) is 34.6 Å². The van der Waals surface area contributed by atoms with Crippen molar-refractivity contribution in [1.82, 2.24) is 10.2 Å². The molecule has 0 aromatic heterocycles. The third kappa shape index (κ3) is 7.37. The lowest BCUT2D eigenvalue weighted by Gasteiger charge is -2.30. The molecule has 1 atom stereocenters. The zero-order valence-corrected chi connectivity index (χ0v) is 15.6. The van der Waals surface area contributed by atoms with E-state index in [4.69, 9.17) is 10.1 Å². The number of amides is 1. The lowest BCUT2D eigenvalue weighted by Crippen LogP contribution is -2.45. The number of ether oxygens (including phenoxy) is 1. The predicted octanol–water partition coefficient (Wildman–Crippen LogP) is 3.94. The Morgan fingerprint density at radius 3 is 2.48 bits per heavy atom. The van der Waals surface area contributed by atoms with Gasteiger partial charge in [-0.1, -0.05) is 0 Å². The van der Waals surface area contributed by atoms with Gasteiger partial charge in [-0.15, -0.1) is 0 Å². The Balaban J connectivity index is 2.51. The van der Waals surface area contributed by atoms with Gasteiger partial charge in [-0.3, -0.25) is 0 Å². The number of nitrogens with zero attached hydrogens (tertiary/aromatic N) is 1. The molecule has 0 saturated heterocycles. The quantitative estimate of drug-likeness (QED) is 0.733. The molecule has 1 aromatic rings. The van der Waals surface area contributed by atoms with Crippen LogP contribution < -0.4 is 5.32 Å². The molecule has 25 heavy (non-hydrogen) atoms. The number of rotatable bonds is 7. The van der Waals surface area contributed by atoms with Crippen LogP contribution >= 0.6 is 0 Å². The van der Waals surface area contributed by atoms with Gasteiger partial charge in [0.25, 0.3) is 0 Å². The first-order valence-corrected chi connectivity index (χ1v) is 8.38. The van der Waals surface area contributed by atoms with E-state index < -0.39 is 5.60 Å². The Morgan fingerprint density at radius 2 is 1.96 bits per heavy atom. The molecule has 0 heterocycles. The van der Waals surface area contributed by atoms with Crippen molar-refractivity contribution in [3.05, 3.63) is 47.9 Å². The van der Waals surface area contributed by atoms with Crippen molar-refractivity contribution < 1.29 is 13.9 Å². The average molecular weight is 349 g/mol. The molecule has 0 saturated carbocycles. The first-order valence-electron chi connectivity index (χ1n) is 8.38. The van der Waals surface area contributed by atoms with E-state index in [0.29, 0.717) is 18.7 Å². The summed E-state index contributed by atoms with van der Waals surface area (Å²) in [5, 5.41) is 11.0. The maximum absolute atomic E-state index is 12.9. The zero-order chi connectivity index (χ0) is 19.0. The molecule has 0 aliphatic carbocycles. The Bertz CT molecular complexity index is 606. The van der Waals surface area contributed by atoms with E-state index >= 15 is 0 Å². The minimum Gasteiger partial charge on any atom is -0.444 e. The van der Waals surface area contributed by atoms with E-state index in [-0.39, 0.29) is 23.7 Å². The minimum absolute atomic E-state index is 0.0653. The number of halogens is 1. The Morgan fingerprint density at radius 1 is 1.36 bits per heavy atom. The summed E-state index contributed by atoms with van der Waals surface area (Å²) >= 11 is 0. The van der Waals surface area contributed by atoms with Gasteiger partial charge in [0.15, 0.2) is 0 Å². The summed E-state index contributed by atoms with van der Waals surface area (Å²) in [6.07, 6.45) is 2.92. The third-order valence-corrected chi connectivity index (χ3v) is 3.44. The highest BCUT2D eigenvalue weighted by atomic mass is 19.1. The Hall–Kier alpha value is -2.37. The smallest absolute Gasteiger partial charge is 0.410 e. The van der Waals surface area contributed by atoms with Crippen LogP contribution in [-0.2, 0) is 4.74 Å². The van der Waals surface area contributed by atoms with Crippen LogP contribution in [0.25, 0.3) is 0 Å². The van der Waals surface area contributed by atoms with Gasteiger partial charge >= 0.3 is 6.09 Å². The molecule has 1 rings (SSSR count). The fourth-order valence-corrected chi connectivity index (χ4v) is 2.16. The summed E-state index contributed by atoms with van der Waals surface area (Å²) in [5.41, 5.74) is 0.387. The lowest BCUT2D eigenvalue weighted by atomic mass is 10.1. The molecule has 0 spiro atoms. The number of hydrogen-bond donors (Lipinski definition) is 2. The molecule has 138 valence electrons. The van der Waals surface area contributed by atoms with Gasteiger partial charge in [-0.25, -0.2) is 9.18 Å². The van der Waals surface area contributed by atoms with Gasteiger partial charge in [0, 0.05) is 19.1 Å². The van der Waals surface area contributed by atoms with Crippen LogP contribution in [0, 0.1) is 11.2 Å². The average Bonchev–Trinajstić information content (AvgIpc) is 2.51. The number of carbonyl (C=O) groups is 1. The first-order chi connectivity index (χ1) is 11.6. The Labute approximate surface area is 149 Å². The van der Waals surface area contributed by atoms with Gasteiger partial charge in [0.2, 0.25) is 0 Å². The molecule has 1 aromatic carbocycles. The number of likely N-dealkylation sites (N-methyl/N-ethyl adjacent to an activating group) is 1. The molecule has 0 fully saturated rings. The topological polar surface area (TPSA) is 65.4 Å². The molecule has 0 aliphatic heterocycles. The highest BCUT2D eigenvalue weighted by Gasteiger charge is 2.24. The maximum Gasteiger partial charge on any atom is 0.410 e. The second-order valence-electron chi connectivity index (χ2n) is 6.78. The van der Waals surface area contributed by atoms with Gasteiger partial charge in [0.05, 0.1) is 5.71 Å². The SMILES string of the molecule is CCN(C(=O)OC(C)(C)C)[C@@H](C)CN/C=C\C(=N)c1ccc(F)cc1. The van der Waals surface area contributed by atoms with E-state index in [2.05, 4.69) is 5.32 Å². The zero-order valence-electron chi connectivity index (χ0n) is 15.6. The summed E-state index contributed by atoms with van der Waals surface area (Å²) in [5.74, 6) is -0.325. The number of allylic oxidation sites excluding steroid dienone is 1. The van der Waals surface area contributed by atoms with Crippen molar-refractivity contribution in [2.45, 2.75) is 46.3 Å². The number of benzene rings is 1. The largest absolute Gasteiger partial charge is 0.444 e. The fourth-order valence-electron chi connectivity index (χ4n) is 2.16. The van der Waals surface area contributed by atoms with Gasteiger partial charge in [-0.05, 0) is 76.7 Å². The third-order valence-electron chi connectivity index (χ3n) is 3.44. The number of carbonyl (C=O) groups excluding carboxylic acids is 1. The molecule has 6 heteroatoms. The van der Waals surface area contributed by atoms with Crippen LogP contribution in [0.4, 0.5) is 9.18 Å². The predicted molar refractivity (Wildman–Crippen MR) is 98.4 cm³/mol. The van der Waals surface area contributed by atoms with Crippen LogP contribution in [0.1, 0.15) is 40.2 Å². The van der Waals surface area contributed by atoms with E-state index in [9.17, 15) is 9.18 Å². The summed E-state index contributed by atoms with van der Waals surface area (Å²) in [4.78, 5) is 13.8. The van der Waals surface area contributed by atoms with Crippen LogP contribution in [0.5, 0.6) is 0 Å². The summed E-state index contributed by atoms with van der Waals surface area (Å²) in [6.45, 7) is 10.4. The second kappa shape index (κ2) is 9.20. The van der Waals surface area contributed by atoms with Crippen LogP contribution in [0.15, 0.2) is 36.5 Å². The van der Waals surface area contributed by atoms with Crippen LogP contribution in [0.2, 0.25) is 0 Å². The molecule has 0 aliphatic rings. The van der Waals surface area contributed by atoms with Crippen molar-refractivity contribution in [3.63, 3.8) is 0 Å². The van der Waals surface area contributed by atoms with E-state index in [1.165, 1.54) is 12.1 Å². The van der Waals surface area contributed by atoms with Gasteiger partial charge < -0.3 is 20.4 Å². The number of nitrogens with one attached hydrogen (secondary N) is 2. The van der Waals surface area contributed by atoms with Crippen molar-refractivity contribution in [2.75, 3.05) is 13.1 Å². The van der Waals surface area contributed by atoms with Crippen molar-refractivity contribution in [2.24, 2.45) is 0 Å². The molecule has 0 bridgehead atoms. The first kappa shape index (κ1) is 20.7. The Kier molecular flexibility index (Phi) is 7.61. The molecule has 5 nitrogen and oxygen atoms in total. The van der Waals surface area contributed by atoms with Crippen molar-refractivity contribution in [1.29, 1.82) is 5.41 Å². The van der Waals surface area contributed by atoms with E-state index in [0.717, 1.165) is 0 Å². The van der Waals surface area contributed by atoms with Crippen LogP contribution in [-0.4, -0.2) is 41.4 Å². The molecular formula is C19H28FN3O2. The molecule has 0 unspecified atom stereocenters. The summed E-state index contributed by atoms with van der Waals surface area (Å²) in [7, 11) is 0. The summed E-state index contributed by atoms with van der Waals surface area (Å²) < 4.78 is 18.3. The molecular weight excluding hydrogens is 321 g/mol. The lowest BCUT2D eigenvalue weighted by molar-refractivity contribution is 0.0191. The van der Waals surface area contributed by atoms with Crippen molar-refractivity contribution >= 4 is 11.8 Å². The molecule has 1 amide bonds. The van der Waals surface area contributed by atoms with Gasteiger partial charge in [0.1, 0.15) is 11.4 Å². The minimum atomic E-state index is -0.526. The molecule has 2 N–H and O–H groups in total. The highest BCUT2D eigenvalue weighted by molar-refractivity contribution is 6.06. The fraction of sp³-hybridized carbons (Fsp3) is 0.474. The molecule has 0 radical (unpaired) electrons.